The molecule has 2 rings (SSSR count). The summed E-state index contributed by atoms with van der Waals surface area (Å²) in [6.45, 7) is 0. The number of nitrogens with zero attached hydrogens (tertiary/aromatic N) is 1. The van der Waals surface area contributed by atoms with Crippen molar-refractivity contribution in [2.75, 3.05) is 5.32 Å². The number of aromatic nitrogens is 1. The van der Waals surface area contributed by atoms with Crippen LogP contribution in [-0.2, 0) is 0 Å². The fourth-order valence-electron chi connectivity index (χ4n) is 2.04. The molecule has 0 saturated heterocycles. The maximum Gasteiger partial charge on any atom is 0.0373 e. The third kappa shape index (κ3) is 2.45. The lowest BCUT2D eigenvalue weighted by atomic mass is 9.91. The lowest BCUT2D eigenvalue weighted by Crippen LogP contribution is -2.34. The van der Waals surface area contributed by atoms with E-state index in [1.54, 1.807) is 0 Å². The third-order valence-electron chi connectivity index (χ3n) is 2.77. The Balaban J connectivity index is 1.91. The first-order valence-electron chi connectivity index (χ1n) is 5.27. The molecule has 1 fully saturated rings. The van der Waals surface area contributed by atoms with Gasteiger partial charge >= 0.3 is 0 Å². The van der Waals surface area contributed by atoms with Gasteiger partial charge in [0, 0.05) is 30.2 Å². The van der Waals surface area contributed by atoms with Gasteiger partial charge in [0.05, 0.1) is 0 Å². The molecule has 1 aliphatic rings. The number of nitrogens with one attached hydrogen (secondary N) is 1. The molecule has 1 saturated carbocycles. The molecule has 2 atom stereocenters. The van der Waals surface area contributed by atoms with Crippen molar-refractivity contribution >= 4 is 5.69 Å². The SMILES string of the molecule is NC1CCCC(Nc2ccncc2)C1. The van der Waals surface area contributed by atoms with Gasteiger partial charge in [0.1, 0.15) is 0 Å². The Hall–Kier alpha value is -1.09. The zero-order valence-corrected chi connectivity index (χ0v) is 8.32. The second kappa shape index (κ2) is 4.42. The lowest BCUT2D eigenvalue weighted by molar-refractivity contribution is 0.409. The average molecular weight is 191 g/mol. The van der Waals surface area contributed by atoms with E-state index in [9.17, 15) is 0 Å². The summed E-state index contributed by atoms with van der Waals surface area (Å²) >= 11 is 0. The van der Waals surface area contributed by atoms with E-state index in [4.69, 9.17) is 5.73 Å². The Morgan fingerprint density at radius 2 is 2.07 bits per heavy atom. The van der Waals surface area contributed by atoms with E-state index in [1.165, 1.54) is 19.3 Å². The van der Waals surface area contributed by atoms with Crippen LogP contribution in [0.2, 0.25) is 0 Å². The van der Waals surface area contributed by atoms with Crippen molar-refractivity contribution in [1.29, 1.82) is 0 Å². The zero-order chi connectivity index (χ0) is 9.80. The Labute approximate surface area is 84.7 Å². The fraction of sp³-hybridized carbons (Fsp3) is 0.545. The van der Waals surface area contributed by atoms with E-state index < -0.39 is 0 Å². The third-order valence-corrected chi connectivity index (χ3v) is 2.77. The molecule has 76 valence electrons. The highest BCUT2D eigenvalue weighted by molar-refractivity contribution is 5.41. The maximum absolute atomic E-state index is 5.93. The van der Waals surface area contributed by atoms with E-state index >= 15 is 0 Å². The monoisotopic (exact) mass is 191 g/mol. The standard InChI is InChI=1S/C11H17N3/c12-9-2-1-3-11(8-9)14-10-4-6-13-7-5-10/h4-7,9,11H,1-3,8,12H2,(H,13,14). The zero-order valence-electron chi connectivity index (χ0n) is 8.32. The maximum atomic E-state index is 5.93. The van der Waals surface area contributed by atoms with Gasteiger partial charge in [-0.1, -0.05) is 0 Å². The molecule has 14 heavy (non-hydrogen) atoms. The van der Waals surface area contributed by atoms with E-state index in [0.29, 0.717) is 12.1 Å². The van der Waals surface area contributed by atoms with Crippen molar-refractivity contribution in [3.05, 3.63) is 24.5 Å². The van der Waals surface area contributed by atoms with Gasteiger partial charge < -0.3 is 11.1 Å². The van der Waals surface area contributed by atoms with Gasteiger partial charge in [-0.25, -0.2) is 0 Å². The highest BCUT2D eigenvalue weighted by Gasteiger charge is 2.18. The van der Waals surface area contributed by atoms with Crippen LogP contribution in [0.25, 0.3) is 0 Å². The van der Waals surface area contributed by atoms with Crippen molar-refractivity contribution in [2.24, 2.45) is 5.73 Å². The number of anilines is 1. The number of hydrogen-bond donors (Lipinski definition) is 2. The van der Waals surface area contributed by atoms with Crippen LogP contribution in [-0.4, -0.2) is 17.1 Å². The molecule has 2 unspecified atom stereocenters. The van der Waals surface area contributed by atoms with Crippen LogP contribution in [0.3, 0.4) is 0 Å². The predicted molar refractivity (Wildman–Crippen MR) is 58.1 cm³/mol. The van der Waals surface area contributed by atoms with Crippen LogP contribution >= 0.6 is 0 Å². The van der Waals surface area contributed by atoms with Crippen LogP contribution in [0, 0.1) is 0 Å². The molecule has 0 bridgehead atoms. The molecular weight excluding hydrogens is 174 g/mol. The molecule has 1 aromatic heterocycles. The van der Waals surface area contributed by atoms with Gasteiger partial charge in [-0.2, -0.15) is 0 Å². The minimum absolute atomic E-state index is 0.378. The first-order valence-corrected chi connectivity index (χ1v) is 5.27. The van der Waals surface area contributed by atoms with Crippen molar-refractivity contribution in [3.63, 3.8) is 0 Å². The smallest absolute Gasteiger partial charge is 0.0373 e. The fourth-order valence-corrected chi connectivity index (χ4v) is 2.04. The van der Waals surface area contributed by atoms with Gasteiger partial charge in [-0.3, -0.25) is 4.98 Å². The second-order valence-electron chi connectivity index (χ2n) is 4.00. The van der Waals surface area contributed by atoms with Crippen molar-refractivity contribution < 1.29 is 0 Å². The minimum Gasteiger partial charge on any atom is -0.382 e. The summed E-state index contributed by atoms with van der Waals surface area (Å²) in [5.41, 5.74) is 7.08. The Kier molecular flexibility index (Phi) is 2.99. The molecule has 1 heterocycles. The molecule has 0 spiro atoms. The normalized spacial score (nSPS) is 27.2. The minimum atomic E-state index is 0.378. The van der Waals surface area contributed by atoms with Gasteiger partial charge in [-0.05, 0) is 37.8 Å². The number of hydrogen-bond acceptors (Lipinski definition) is 3. The van der Waals surface area contributed by atoms with Crippen LogP contribution < -0.4 is 11.1 Å². The average Bonchev–Trinajstić information content (AvgIpc) is 2.19. The largest absolute Gasteiger partial charge is 0.382 e. The molecule has 1 aromatic rings. The van der Waals surface area contributed by atoms with Gasteiger partial charge in [0.25, 0.3) is 0 Å². The summed E-state index contributed by atoms with van der Waals surface area (Å²) in [6, 6.07) is 4.92. The van der Waals surface area contributed by atoms with Crippen LogP contribution in [0.4, 0.5) is 5.69 Å². The lowest BCUT2D eigenvalue weighted by Gasteiger charge is -2.28. The van der Waals surface area contributed by atoms with Crippen LogP contribution in [0.15, 0.2) is 24.5 Å². The van der Waals surface area contributed by atoms with E-state index in [1.807, 2.05) is 24.5 Å². The summed E-state index contributed by atoms with van der Waals surface area (Å²) < 4.78 is 0. The molecule has 1 aliphatic carbocycles. The number of rotatable bonds is 2. The summed E-state index contributed by atoms with van der Waals surface area (Å²) in [6.07, 6.45) is 8.35. The second-order valence-corrected chi connectivity index (χ2v) is 4.00. The predicted octanol–water partition coefficient (Wildman–Crippen LogP) is 1.76. The van der Waals surface area contributed by atoms with Crippen molar-refractivity contribution in [1.82, 2.24) is 4.98 Å². The summed E-state index contributed by atoms with van der Waals surface area (Å²) in [5, 5.41) is 3.49. The number of nitrogens with two attached hydrogens (primary N) is 1. The van der Waals surface area contributed by atoms with E-state index in [2.05, 4.69) is 10.3 Å². The Morgan fingerprint density at radius 1 is 1.29 bits per heavy atom. The topological polar surface area (TPSA) is 50.9 Å². The summed E-state index contributed by atoms with van der Waals surface area (Å²) in [7, 11) is 0. The van der Waals surface area contributed by atoms with Gasteiger partial charge in [0.2, 0.25) is 0 Å². The molecule has 3 N–H and O–H groups in total. The molecule has 0 aromatic carbocycles. The van der Waals surface area contributed by atoms with Crippen molar-refractivity contribution in [2.45, 2.75) is 37.8 Å². The molecule has 3 heteroatoms. The summed E-state index contributed by atoms with van der Waals surface area (Å²) in [4.78, 5) is 3.99. The molecule has 3 nitrogen and oxygen atoms in total. The molecule has 0 amide bonds. The van der Waals surface area contributed by atoms with Crippen LogP contribution in [0.1, 0.15) is 25.7 Å². The van der Waals surface area contributed by atoms with Gasteiger partial charge in [-0.15, -0.1) is 0 Å². The first-order chi connectivity index (χ1) is 6.84. The molecule has 0 radical (unpaired) electrons. The first kappa shape index (κ1) is 9.46. The highest BCUT2D eigenvalue weighted by Crippen LogP contribution is 2.20. The number of pyridine rings is 1. The van der Waals surface area contributed by atoms with Gasteiger partial charge in [0.15, 0.2) is 0 Å². The van der Waals surface area contributed by atoms with E-state index in [0.717, 1.165) is 12.1 Å². The Bertz CT molecular complexity index is 273. The molecular formula is C11H17N3. The molecule has 0 aliphatic heterocycles. The Morgan fingerprint density at radius 3 is 2.79 bits per heavy atom. The van der Waals surface area contributed by atoms with E-state index in [-0.39, 0.29) is 0 Å². The highest BCUT2D eigenvalue weighted by atomic mass is 14.9. The van der Waals surface area contributed by atoms with Crippen molar-refractivity contribution in [3.8, 4) is 0 Å². The quantitative estimate of drug-likeness (QED) is 0.749. The van der Waals surface area contributed by atoms with Crippen LogP contribution in [0.5, 0.6) is 0 Å². The summed E-state index contributed by atoms with van der Waals surface area (Å²) in [5.74, 6) is 0.